The van der Waals surface area contributed by atoms with Gasteiger partial charge in [0.15, 0.2) is 11.4 Å². The molecule has 5 nitrogen and oxygen atoms in total. The second-order valence-electron chi connectivity index (χ2n) is 8.02. The van der Waals surface area contributed by atoms with Gasteiger partial charge < -0.3 is 5.11 Å². The molecule has 0 bridgehead atoms. The van der Waals surface area contributed by atoms with E-state index in [1.165, 1.54) is 6.42 Å². The summed E-state index contributed by atoms with van der Waals surface area (Å²) in [5.41, 5.74) is -0.159. The van der Waals surface area contributed by atoms with Crippen LogP contribution >= 0.6 is 15.9 Å². The Morgan fingerprint density at radius 1 is 1.21 bits per heavy atom. The summed E-state index contributed by atoms with van der Waals surface area (Å²) < 4.78 is 0.786. The monoisotopic (exact) mass is 456 g/mol. The molecule has 0 aliphatic carbocycles. The van der Waals surface area contributed by atoms with E-state index < -0.39 is 11.5 Å². The van der Waals surface area contributed by atoms with Crippen LogP contribution in [0.25, 0.3) is 0 Å². The summed E-state index contributed by atoms with van der Waals surface area (Å²) in [6.45, 7) is 3.54. The maximum Gasteiger partial charge on any atom is 0.265 e. The smallest absolute Gasteiger partial charge is 0.265 e. The fourth-order valence-electron chi connectivity index (χ4n) is 4.36. The number of hydrogen-bond donors (Lipinski definition) is 1. The Kier molecular flexibility index (Phi) is 5.60. The Labute approximate surface area is 179 Å². The van der Waals surface area contributed by atoms with Crippen molar-refractivity contribution in [3.05, 3.63) is 64.1 Å². The third-order valence-electron chi connectivity index (χ3n) is 6.07. The summed E-state index contributed by atoms with van der Waals surface area (Å²) in [4.78, 5) is 30.2. The van der Waals surface area contributed by atoms with Crippen molar-refractivity contribution in [3.63, 3.8) is 0 Å². The summed E-state index contributed by atoms with van der Waals surface area (Å²) in [5.74, 6) is -0.676. The van der Waals surface area contributed by atoms with Crippen LogP contribution < -0.4 is 4.90 Å². The molecular weight excluding hydrogens is 432 g/mol. The molecule has 1 saturated heterocycles. The number of carbonyl (C=O) groups excluding carboxylic acids is 2. The maximum atomic E-state index is 13.4. The van der Waals surface area contributed by atoms with E-state index in [9.17, 15) is 14.7 Å². The fraction of sp³-hybridized carbons (Fsp3) is 0.391. The lowest BCUT2D eigenvalue weighted by Gasteiger charge is -2.36. The zero-order valence-corrected chi connectivity index (χ0v) is 18.1. The average molecular weight is 457 g/mol. The van der Waals surface area contributed by atoms with Crippen molar-refractivity contribution in [3.8, 4) is 0 Å². The van der Waals surface area contributed by atoms with Gasteiger partial charge in [0.2, 0.25) is 0 Å². The van der Waals surface area contributed by atoms with Gasteiger partial charge in [0.05, 0.1) is 18.8 Å². The van der Waals surface area contributed by atoms with Crippen LogP contribution in [0, 0.1) is 0 Å². The third-order valence-corrected chi connectivity index (χ3v) is 6.56. The van der Waals surface area contributed by atoms with Crippen molar-refractivity contribution in [2.24, 2.45) is 0 Å². The molecular formula is C23H25BrN2O3. The van der Waals surface area contributed by atoms with Crippen molar-refractivity contribution in [1.82, 2.24) is 4.90 Å². The first kappa shape index (κ1) is 20.3. The summed E-state index contributed by atoms with van der Waals surface area (Å²) in [6.07, 6.45) is 3.15. The fourth-order valence-corrected chi connectivity index (χ4v) is 4.76. The van der Waals surface area contributed by atoms with Gasteiger partial charge in [0.1, 0.15) is 0 Å². The van der Waals surface area contributed by atoms with Gasteiger partial charge in [-0.15, -0.1) is 0 Å². The highest BCUT2D eigenvalue weighted by molar-refractivity contribution is 9.10. The predicted octanol–water partition coefficient (Wildman–Crippen LogP) is 4.09. The molecule has 2 aliphatic heterocycles. The van der Waals surface area contributed by atoms with E-state index in [4.69, 9.17) is 0 Å². The molecule has 4 rings (SSSR count). The number of ketones is 1. The highest BCUT2D eigenvalue weighted by Gasteiger charge is 2.51. The third kappa shape index (κ3) is 3.77. The number of aliphatic hydroxyl groups is 1. The first-order valence-electron chi connectivity index (χ1n) is 10.1. The SMILES string of the molecule is CC1CCCCN1CN1C(=O)C(O)(CC(=O)c2cccc(Br)c2)c2ccccc21. The number of hydrogen-bond acceptors (Lipinski definition) is 4. The molecule has 2 aliphatic rings. The molecule has 2 aromatic rings. The molecule has 2 atom stereocenters. The van der Waals surface area contributed by atoms with Gasteiger partial charge in [0.25, 0.3) is 5.91 Å². The number of nitrogens with zero attached hydrogens (tertiary/aromatic N) is 2. The topological polar surface area (TPSA) is 60.9 Å². The highest BCUT2D eigenvalue weighted by Crippen LogP contribution is 2.43. The number of halogens is 1. The first-order chi connectivity index (χ1) is 13.9. The van der Waals surface area contributed by atoms with E-state index in [2.05, 4.69) is 27.8 Å². The molecule has 6 heteroatoms. The second kappa shape index (κ2) is 8.01. The number of amides is 1. The van der Waals surface area contributed by atoms with Crippen LogP contribution in [0.4, 0.5) is 5.69 Å². The number of carbonyl (C=O) groups is 2. The minimum atomic E-state index is -1.84. The highest BCUT2D eigenvalue weighted by atomic mass is 79.9. The van der Waals surface area contributed by atoms with Gasteiger partial charge in [-0.2, -0.15) is 0 Å². The maximum absolute atomic E-state index is 13.4. The predicted molar refractivity (Wildman–Crippen MR) is 116 cm³/mol. The van der Waals surface area contributed by atoms with Crippen LogP contribution in [0.15, 0.2) is 53.0 Å². The second-order valence-corrected chi connectivity index (χ2v) is 8.94. The lowest BCUT2D eigenvalue weighted by Crippen LogP contribution is -2.49. The number of rotatable bonds is 5. The lowest BCUT2D eigenvalue weighted by molar-refractivity contribution is -0.136. The molecule has 1 N–H and O–H groups in total. The number of para-hydroxylation sites is 1. The number of benzene rings is 2. The molecule has 0 saturated carbocycles. The van der Waals surface area contributed by atoms with Crippen molar-refractivity contribution in [1.29, 1.82) is 0 Å². The number of anilines is 1. The van der Waals surface area contributed by atoms with Gasteiger partial charge in [-0.1, -0.05) is 52.7 Å². The van der Waals surface area contributed by atoms with E-state index >= 15 is 0 Å². The van der Waals surface area contributed by atoms with Crippen molar-refractivity contribution in [2.45, 2.75) is 44.2 Å². The first-order valence-corrected chi connectivity index (χ1v) is 10.9. The van der Waals surface area contributed by atoms with Gasteiger partial charge >= 0.3 is 0 Å². The van der Waals surface area contributed by atoms with Crippen LogP contribution in [0.1, 0.15) is 48.5 Å². The van der Waals surface area contributed by atoms with E-state index in [1.807, 2.05) is 18.2 Å². The molecule has 1 amide bonds. The molecule has 29 heavy (non-hydrogen) atoms. The minimum absolute atomic E-state index is 0.259. The van der Waals surface area contributed by atoms with Gasteiger partial charge in [-0.05, 0) is 38.0 Å². The van der Waals surface area contributed by atoms with Gasteiger partial charge in [-0.3, -0.25) is 19.4 Å². The normalized spacial score (nSPS) is 24.6. The zero-order valence-electron chi connectivity index (χ0n) is 16.5. The number of piperidine rings is 1. The molecule has 1 fully saturated rings. The Hall–Kier alpha value is -2.02. The van der Waals surface area contributed by atoms with E-state index in [-0.39, 0.29) is 12.2 Å². The quantitative estimate of drug-likeness (QED) is 0.688. The molecule has 152 valence electrons. The van der Waals surface area contributed by atoms with Crippen molar-refractivity contribution in [2.75, 3.05) is 18.1 Å². The van der Waals surface area contributed by atoms with E-state index in [1.54, 1.807) is 35.2 Å². The van der Waals surface area contributed by atoms with Crippen molar-refractivity contribution < 1.29 is 14.7 Å². The van der Waals surface area contributed by atoms with Crippen LogP contribution in [0.5, 0.6) is 0 Å². The van der Waals surface area contributed by atoms with Crippen LogP contribution in [0.2, 0.25) is 0 Å². The summed E-state index contributed by atoms with van der Waals surface area (Å²) in [7, 11) is 0. The standard InChI is InChI=1S/C23H25BrN2O3/c1-16-7-4-5-12-25(16)15-26-20-11-3-2-10-19(20)23(29,22(26)28)14-21(27)17-8-6-9-18(24)13-17/h2-3,6,8-11,13,16,29H,4-5,7,12,14-15H2,1H3. The summed E-state index contributed by atoms with van der Waals surface area (Å²) >= 11 is 3.37. The number of Topliss-reactive ketones (excluding diaryl/α,β-unsaturated/α-hetero) is 1. The zero-order chi connectivity index (χ0) is 20.6. The number of likely N-dealkylation sites (tertiary alicyclic amines) is 1. The average Bonchev–Trinajstić information content (AvgIpc) is 2.92. The molecule has 0 aromatic heterocycles. The van der Waals surface area contributed by atoms with E-state index in [0.29, 0.717) is 29.5 Å². The molecule has 2 unspecified atom stereocenters. The Morgan fingerprint density at radius 3 is 2.76 bits per heavy atom. The van der Waals surface area contributed by atoms with Gasteiger partial charge in [0, 0.05) is 28.2 Å². The van der Waals surface area contributed by atoms with Crippen LogP contribution in [-0.2, 0) is 10.4 Å². The molecule has 0 radical (unpaired) electrons. The van der Waals surface area contributed by atoms with Crippen LogP contribution in [0.3, 0.4) is 0 Å². The Balaban J connectivity index is 1.63. The largest absolute Gasteiger partial charge is 0.375 e. The number of fused-ring (bicyclic) bond motifs is 1. The minimum Gasteiger partial charge on any atom is -0.375 e. The summed E-state index contributed by atoms with van der Waals surface area (Å²) in [6, 6.07) is 14.7. The lowest BCUT2D eigenvalue weighted by atomic mass is 9.88. The van der Waals surface area contributed by atoms with Gasteiger partial charge in [-0.25, -0.2) is 0 Å². The Bertz CT molecular complexity index is 947. The Morgan fingerprint density at radius 2 is 2.00 bits per heavy atom. The van der Waals surface area contributed by atoms with Crippen LogP contribution in [-0.4, -0.2) is 41.0 Å². The van der Waals surface area contributed by atoms with E-state index in [0.717, 1.165) is 23.9 Å². The van der Waals surface area contributed by atoms with Crippen molar-refractivity contribution >= 4 is 33.3 Å². The molecule has 2 aromatic carbocycles. The molecule has 0 spiro atoms. The molecule has 2 heterocycles. The summed E-state index contributed by atoms with van der Waals surface area (Å²) in [5, 5.41) is 11.4.